The van der Waals surface area contributed by atoms with Gasteiger partial charge in [-0.05, 0) is 48.9 Å². The van der Waals surface area contributed by atoms with E-state index in [9.17, 15) is 14.4 Å². The third-order valence-corrected chi connectivity index (χ3v) is 4.15. The fraction of sp³-hybridized carbons (Fsp3) is 0.250. The first-order valence-electron chi connectivity index (χ1n) is 8.27. The van der Waals surface area contributed by atoms with E-state index in [1.807, 2.05) is 0 Å². The Morgan fingerprint density at radius 3 is 2.12 bits per heavy atom. The number of carbonyl (C=O) groups is 3. The third kappa shape index (κ3) is 5.70. The molecule has 0 spiro atoms. The molecular formula is C20H21ClN2O3. The summed E-state index contributed by atoms with van der Waals surface area (Å²) in [6.07, 6.45) is 0.255. The lowest BCUT2D eigenvalue weighted by atomic mass is 10.1. The molecule has 0 unspecified atom stereocenters. The minimum atomic E-state index is -0.132. The Morgan fingerprint density at radius 1 is 0.962 bits per heavy atom. The molecule has 0 aliphatic rings. The molecule has 2 rings (SSSR count). The lowest BCUT2D eigenvalue weighted by Crippen LogP contribution is -2.38. The maximum Gasteiger partial charge on any atom is 0.224 e. The highest BCUT2D eigenvalue weighted by Gasteiger charge is 2.12. The maximum atomic E-state index is 12.0. The molecule has 0 saturated carbocycles. The van der Waals surface area contributed by atoms with Crippen LogP contribution in [0.25, 0.3) is 0 Å². The lowest BCUT2D eigenvalue weighted by Gasteiger charge is -2.21. The second-order valence-electron chi connectivity index (χ2n) is 5.93. The second kappa shape index (κ2) is 9.15. The van der Waals surface area contributed by atoms with Crippen LogP contribution in [0.4, 0.5) is 5.69 Å². The van der Waals surface area contributed by atoms with Crippen molar-refractivity contribution in [3.05, 3.63) is 64.7 Å². The van der Waals surface area contributed by atoms with Gasteiger partial charge >= 0.3 is 0 Å². The summed E-state index contributed by atoms with van der Waals surface area (Å²) in [7, 11) is 0. The van der Waals surface area contributed by atoms with Crippen LogP contribution in [0.1, 0.15) is 29.8 Å². The van der Waals surface area contributed by atoms with Gasteiger partial charge in [0.05, 0.1) is 6.42 Å². The maximum absolute atomic E-state index is 12.0. The standard InChI is InChI=1S/C20H21ClN2O3/c1-14(24)17-5-9-19(10-6-17)23(15(2)25)12-11-22-20(26)13-16-3-7-18(21)8-4-16/h3-10H,11-13H2,1-2H3,(H,22,26). The molecule has 6 heteroatoms. The van der Waals surface area contributed by atoms with Gasteiger partial charge in [-0.3, -0.25) is 14.4 Å². The number of hydrogen-bond donors (Lipinski definition) is 1. The van der Waals surface area contributed by atoms with Crippen LogP contribution in [0.15, 0.2) is 48.5 Å². The van der Waals surface area contributed by atoms with E-state index in [0.717, 1.165) is 5.56 Å². The molecule has 2 aromatic rings. The minimum absolute atomic E-state index is 0.0274. The van der Waals surface area contributed by atoms with Crippen molar-refractivity contribution in [1.82, 2.24) is 5.32 Å². The van der Waals surface area contributed by atoms with Crippen molar-refractivity contribution >= 4 is 34.9 Å². The molecule has 0 atom stereocenters. The molecule has 0 saturated heterocycles. The number of halogens is 1. The number of rotatable bonds is 7. The van der Waals surface area contributed by atoms with Crippen molar-refractivity contribution < 1.29 is 14.4 Å². The number of ketones is 1. The number of anilines is 1. The second-order valence-corrected chi connectivity index (χ2v) is 6.36. The van der Waals surface area contributed by atoms with Crippen LogP contribution in [0.2, 0.25) is 5.02 Å². The summed E-state index contributed by atoms with van der Waals surface area (Å²) < 4.78 is 0. The number of Topliss-reactive ketones (excluding diaryl/α,β-unsaturated/α-hetero) is 1. The average Bonchev–Trinajstić information content (AvgIpc) is 2.60. The first-order chi connectivity index (χ1) is 12.4. The molecule has 0 fully saturated rings. The monoisotopic (exact) mass is 372 g/mol. The Hall–Kier alpha value is -2.66. The van der Waals surface area contributed by atoms with E-state index in [1.165, 1.54) is 13.8 Å². The number of benzene rings is 2. The summed E-state index contributed by atoms with van der Waals surface area (Å²) >= 11 is 5.82. The predicted octanol–water partition coefficient (Wildman–Crippen LogP) is 3.25. The Labute approximate surface area is 158 Å². The topological polar surface area (TPSA) is 66.5 Å². The SMILES string of the molecule is CC(=O)c1ccc(N(CCNC(=O)Cc2ccc(Cl)cc2)C(C)=O)cc1. The highest BCUT2D eigenvalue weighted by Crippen LogP contribution is 2.16. The molecule has 0 aliphatic carbocycles. The van der Waals surface area contributed by atoms with E-state index in [1.54, 1.807) is 53.4 Å². The van der Waals surface area contributed by atoms with Crippen LogP contribution < -0.4 is 10.2 Å². The zero-order valence-electron chi connectivity index (χ0n) is 14.8. The molecule has 2 amide bonds. The predicted molar refractivity (Wildman–Crippen MR) is 103 cm³/mol. The highest BCUT2D eigenvalue weighted by molar-refractivity contribution is 6.30. The van der Waals surface area contributed by atoms with Gasteiger partial charge in [-0.2, -0.15) is 0 Å². The minimum Gasteiger partial charge on any atom is -0.354 e. The van der Waals surface area contributed by atoms with Crippen molar-refractivity contribution in [3.63, 3.8) is 0 Å². The van der Waals surface area contributed by atoms with Gasteiger partial charge in [0, 0.05) is 36.3 Å². The van der Waals surface area contributed by atoms with E-state index in [4.69, 9.17) is 11.6 Å². The molecule has 0 radical (unpaired) electrons. The first-order valence-corrected chi connectivity index (χ1v) is 8.65. The normalized spacial score (nSPS) is 10.3. The summed E-state index contributed by atoms with van der Waals surface area (Å²) in [4.78, 5) is 36.8. The van der Waals surface area contributed by atoms with Crippen LogP contribution in [0, 0.1) is 0 Å². The van der Waals surface area contributed by atoms with E-state index < -0.39 is 0 Å². The van der Waals surface area contributed by atoms with E-state index in [2.05, 4.69) is 5.32 Å². The van der Waals surface area contributed by atoms with Gasteiger partial charge in [0.25, 0.3) is 0 Å². The quantitative estimate of drug-likeness (QED) is 0.758. The smallest absolute Gasteiger partial charge is 0.224 e. The fourth-order valence-corrected chi connectivity index (χ4v) is 2.63. The van der Waals surface area contributed by atoms with Crippen molar-refractivity contribution in [2.24, 2.45) is 0 Å². The average molecular weight is 373 g/mol. The molecule has 5 nitrogen and oxygen atoms in total. The van der Waals surface area contributed by atoms with Crippen LogP contribution in [-0.2, 0) is 16.0 Å². The van der Waals surface area contributed by atoms with Gasteiger partial charge in [0.2, 0.25) is 11.8 Å². The summed E-state index contributed by atoms with van der Waals surface area (Å²) in [5.41, 5.74) is 2.15. The van der Waals surface area contributed by atoms with Crippen LogP contribution in [0.5, 0.6) is 0 Å². The Kier molecular flexibility index (Phi) is 6.92. The fourth-order valence-electron chi connectivity index (χ4n) is 2.50. The van der Waals surface area contributed by atoms with Crippen molar-refractivity contribution in [3.8, 4) is 0 Å². The number of nitrogens with one attached hydrogen (secondary N) is 1. The van der Waals surface area contributed by atoms with Gasteiger partial charge in [-0.25, -0.2) is 0 Å². The van der Waals surface area contributed by atoms with E-state index in [-0.39, 0.29) is 24.0 Å². The van der Waals surface area contributed by atoms with Crippen LogP contribution in [0.3, 0.4) is 0 Å². The molecule has 0 bridgehead atoms. The van der Waals surface area contributed by atoms with E-state index >= 15 is 0 Å². The summed E-state index contributed by atoms with van der Waals surface area (Å²) in [6.45, 7) is 3.64. The zero-order valence-corrected chi connectivity index (χ0v) is 15.5. The molecule has 2 aromatic carbocycles. The van der Waals surface area contributed by atoms with Crippen molar-refractivity contribution in [2.45, 2.75) is 20.3 Å². The van der Waals surface area contributed by atoms with Crippen LogP contribution >= 0.6 is 11.6 Å². The van der Waals surface area contributed by atoms with E-state index in [0.29, 0.717) is 29.4 Å². The van der Waals surface area contributed by atoms with Gasteiger partial charge in [0.1, 0.15) is 0 Å². The highest BCUT2D eigenvalue weighted by atomic mass is 35.5. The summed E-state index contributed by atoms with van der Waals surface area (Å²) in [6, 6.07) is 13.9. The molecule has 0 aromatic heterocycles. The molecule has 1 N–H and O–H groups in total. The van der Waals surface area contributed by atoms with Crippen molar-refractivity contribution in [1.29, 1.82) is 0 Å². The third-order valence-electron chi connectivity index (χ3n) is 3.90. The van der Waals surface area contributed by atoms with Crippen molar-refractivity contribution in [2.75, 3.05) is 18.0 Å². The number of hydrogen-bond acceptors (Lipinski definition) is 3. The molecule has 0 aliphatic heterocycles. The molecule has 0 heterocycles. The van der Waals surface area contributed by atoms with Gasteiger partial charge < -0.3 is 10.2 Å². The van der Waals surface area contributed by atoms with Crippen LogP contribution in [-0.4, -0.2) is 30.7 Å². The number of amides is 2. The largest absolute Gasteiger partial charge is 0.354 e. The first kappa shape index (κ1) is 19.7. The summed E-state index contributed by atoms with van der Waals surface area (Å²) in [5, 5.41) is 3.44. The number of nitrogens with zero attached hydrogens (tertiary/aromatic N) is 1. The Morgan fingerprint density at radius 2 is 1.58 bits per heavy atom. The Balaban J connectivity index is 1.90. The van der Waals surface area contributed by atoms with Gasteiger partial charge in [0.15, 0.2) is 5.78 Å². The van der Waals surface area contributed by atoms with Gasteiger partial charge in [-0.1, -0.05) is 23.7 Å². The molecule has 136 valence electrons. The zero-order chi connectivity index (χ0) is 19.1. The Bertz CT molecular complexity index is 786. The number of carbonyl (C=O) groups excluding carboxylic acids is 3. The van der Waals surface area contributed by atoms with Gasteiger partial charge in [-0.15, -0.1) is 0 Å². The lowest BCUT2D eigenvalue weighted by molar-refractivity contribution is -0.121. The molecular weight excluding hydrogens is 352 g/mol. The molecule has 26 heavy (non-hydrogen) atoms. The summed E-state index contributed by atoms with van der Waals surface area (Å²) in [5.74, 6) is -0.282.